The molecule has 0 aliphatic carbocycles. The van der Waals surface area contributed by atoms with Crippen molar-refractivity contribution in [3.8, 4) is 0 Å². The van der Waals surface area contributed by atoms with Crippen LogP contribution in [0.5, 0.6) is 0 Å². The Hall–Kier alpha value is -0.340. The van der Waals surface area contributed by atoms with Gasteiger partial charge >= 0.3 is 0 Å². The van der Waals surface area contributed by atoms with E-state index in [9.17, 15) is 0 Å². The third-order valence-electron chi connectivity index (χ3n) is 3.35. The van der Waals surface area contributed by atoms with E-state index in [0.717, 1.165) is 6.54 Å². The fourth-order valence-electron chi connectivity index (χ4n) is 1.72. The Balaban J connectivity index is 2.40. The Kier molecular flexibility index (Phi) is 5.50. The molecule has 0 amide bonds. The van der Waals surface area contributed by atoms with Gasteiger partial charge in [0.15, 0.2) is 0 Å². The van der Waals surface area contributed by atoms with Crippen molar-refractivity contribution >= 4 is 11.3 Å². The molecule has 0 aliphatic heterocycles. The summed E-state index contributed by atoms with van der Waals surface area (Å²) in [4.78, 5) is 1.52. The highest BCUT2D eigenvalue weighted by molar-refractivity contribution is 7.09. The Morgan fingerprint density at radius 3 is 2.69 bits per heavy atom. The van der Waals surface area contributed by atoms with Crippen molar-refractivity contribution in [2.45, 2.75) is 53.0 Å². The summed E-state index contributed by atoms with van der Waals surface area (Å²) in [6.07, 6.45) is 3.75. The molecule has 16 heavy (non-hydrogen) atoms. The summed E-state index contributed by atoms with van der Waals surface area (Å²) in [5, 5.41) is 5.74. The van der Waals surface area contributed by atoms with E-state index in [-0.39, 0.29) is 0 Å². The van der Waals surface area contributed by atoms with Crippen molar-refractivity contribution in [3.05, 3.63) is 22.4 Å². The zero-order valence-corrected chi connectivity index (χ0v) is 11.9. The number of hydrogen-bond acceptors (Lipinski definition) is 2. The maximum Gasteiger partial charge on any atom is 0.00454 e. The minimum Gasteiger partial charge on any atom is -0.314 e. The first kappa shape index (κ1) is 13.7. The van der Waals surface area contributed by atoms with Crippen molar-refractivity contribution in [2.24, 2.45) is 5.41 Å². The monoisotopic (exact) mass is 239 g/mol. The summed E-state index contributed by atoms with van der Waals surface area (Å²) in [7, 11) is 0. The van der Waals surface area contributed by atoms with E-state index in [0.29, 0.717) is 11.5 Å². The van der Waals surface area contributed by atoms with E-state index in [1.165, 1.54) is 24.1 Å². The second kappa shape index (κ2) is 6.41. The van der Waals surface area contributed by atoms with Crippen LogP contribution in [0.3, 0.4) is 0 Å². The summed E-state index contributed by atoms with van der Waals surface area (Å²) in [5.41, 5.74) is 0.439. The number of aryl methyl sites for hydroxylation is 1. The highest BCUT2D eigenvalue weighted by Crippen LogP contribution is 2.28. The quantitative estimate of drug-likeness (QED) is 0.755. The largest absolute Gasteiger partial charge is 0.314 e. The summed E-state index contributed by atoms with van der Waals surface area (Å²) < 4.78 is 0. The van der Waals surface area contributed by atoms with Crippen LogP contribution in [-0.2, 0) is 6.42 Å². The summed E-state index contributed by atoms with van der Waals surface area (Å²) in [5.74, 6) is 0. The van der Waals surface area contributed by atoms with Crippen LogP contribution < -0.4 is 5.32 Å². The second-order valence-corrected chi connectivity index (χ2v) is 6.31. The molecule has 0 bridgehead atoms. The van der Waals surface area contributed by atoms with Crippen LogP contribution in [0.15, 0.2) is 17.5 Å². The molecule has 0 saturated heterocycles. The molecule has 1 aromatic rings. The zero-order valence-electron chi connectivity index (χ0n) is 11.0. The third kappa shape index (κ3) is 4.67. The smallest absolute Gasteiger partial charge is 0.00454 e. The molecule has 1 N–H and O–H groups in total. The zero-order chi connectivity index (χ0) is 12.0. The molecule has 1 nitrogen and oxygen atoms in total. The van der Waals surface area contributed by atoms with Gasteiger partial charge in [0.1, 0.15) is 0 Å². The molecule has 0 radical (unpaired) electrons. The van der Waals surface area contributed by atoms with Gasteiger partial charge < -0.3 is 5.32 Å². The number of thiophene rings is 1. The fourth-order valence-corrected chi connectivity index (χ4v) is 2.43. The van der Waals surface area contributed by atoms with Crippen molar-refractivity contribution in [1.82, 2.24) is 5.32 Å². The predicted molar refractivity (Wildman–Crippen MR) is 74.2 cm³/mol. The van der Waals surface area contributed by atoms with Crippen LogP contribution >= 0.6 is 11.3 Å². The minimum atomic E-state index is 0.439. The lowest BCUT2D eigenvalue weighted by molar-refractivity contribution is 0.262. The van der Waals surface area contributed by atoms with E-state index in [1.54, 1.807) is 0 Å². The van der Waals surface area contributed by atoms with Gasteiger partial charge in [0.25, 0.3) is 0 Å². The van der Waals surface area contributed by atoms with Crippen molar-refractivity contribution in [2.75, 3.05) is 6.54 Å². The van der Waals surface area contributed by atoms with Crippen LogP contribution in [0.1, 0.15) is 45.4 Å². The predicted octanol–water partition coefficient (Wildman–Crippen LogP) is 4.10. The molecule has 1 rings (SSSR count). The second-order valence-electron chi connectivity index (χ2n) is 5.28. The first-order valence-corrected chi connectivity index (χ1v) is 7.19. The molecule has 1 aromatic heterocycles. The van der Waals surface area contributed by atoms with Crippen LogP contribution in [-0.4, -0.2) is 12.6 Å². The molecular weight excluding hydrogens is 214 g/mol. The number of hydrogen-bond donors (Lipinski definition) is 1. The van der Waals surface area contributed by atoms with Gasteiger partial charge in [-0.2, -0.15) is 0 Å². The third-order valence-corrected chi connectivity index (χ3v) is 4.28. The van der Waals surface area contributed by atoms with E-state index < -0.39 is 0 Å². The normalized spacial score (nSPS) is 15.3. The van der Waals surface area contributed by atoms with Gasteiger partial charge in [0, 0.05) is 17.5 Å². The average molecular weight is 239 g/mol. The Bertz CT molecular complexity index is 279. The van der Waals surface area contributed by atoms with Crippen LogP contribution in [0.2, 0.25) is 0 Å². The molecule has 2 heteroatoms. The molecule has 1 atom stereocenters. The van der Waals surface area contributed by atoms with E-state index in [4.69, 9.17) is 0 Å². The van der Waals surface area contributed by atoms with Gasteiger partial charge in [-0.05, 0) is 36.1 Å². The lowest BCUT2D eigenvalue weighted by Gasteiger charge is -2.29. The Labute approximate surface area is 104 Å². The lowest BCUT2D eigenvalue weighted by atomic mass is 9.82. The van der Waals surface area contributed by atoms with Crippen LogP contribution in [0.25, 0.3) is 0 Å². The molecular formula is C14H25NS. The van der Waals surface area contributed by atoms with Gasteiger partial charge in [-0.1, -0.05) is 33.8 Å². The molecule has 0 aliphatic rings. The van der Waals surface area contributed by atoms with Gasteiger partial charge in [0.05, 0.1) is 0 Å². The molecule has 0 fully saturated rings. The van der Waals surface area contributed by atoms with E-state index in [1.807, 2.05) is 11.3 Å². The SMILES string of the molecule is CCC(C)(CCc1cccs1)CNC(C)C. The summed E-state index contributed by atoms with van der Waals surface area (Å²) in [6, 6.07) is 4.99. The lowest BCUT2D eigenvalue weighted by Crippen LogP contribution is -2.35. The van der Waals surface area contributed by atoms with E-state index >= 15 is 0 Å². The first-order chi connectivity index (χ1) is 7.56. The first-order valence-electron chi connectivity index (χ1n) is 6.31. The van der Waals surface area contributed by atoms with Crippen LogP contribution in [0.4, 0.5) is 0 Å². The molecule has 0 spiro atoms. The number of rotatable bonds is 7. The Morgan fingerprint density at radius 2 is 2.19 bits per heavy atom. The molecule has 0 saturated carbocycles. The topological polar surface area (TPSA) is 12.0 Å². The maximum atomic E-state index is 3.57. The molecule has 1 unspecified atom stereocenters. The summed E-state index contributed by atoms with van der Waals surface area (Å²) in [6.45, 7) is 10.3. The van der Waals surface area contributed by atoms with Gasteiger partial charge in [-0.25, -0.2) is 0 Å². The van der Waals surface area contributed by atoms with Crippen molar-refractivity contribution < 1.29 is 0 Å². The van der Waals surface area contributed by atoms with Crippen molar-refractivity contribution in [3.63, 3.8) is 0 Å². The highest BCUT2D eigenvalue weighted by Gasteiger charge is 2.21. The Morgan fingerprint density at radius 1 is 1.44 bits per heavy atom. The highest BCUT2D eigenvalue weighted by atomic mass is 32.1. The van der Waals surface area contributed by atoms with Crippen LogP contribution in [0, 0.1) is 5.41 Å². The average Bonchev–Trinajstić information content (AvgIpc) is 2.76. The number of nitrogens with one attached hydrogen (secondary N) is 1. The molecule has 0 aromatic carbocycles. The maximum absolute atomic E-state index is 3.57. The molecule has 1 heterocycles. The minimum absolute atomic E-state index is 0.439. The standard InChI is InChI=1S/C14H25NS/c1-5-14(4,11-15-12(2)3)9-8-13-7-6-10-16-13/h6-7,10,12,15H,5,8-9,11H2,1-4H3. The molecule has 92 valence electrons. The van der Waals surface area contributed by atoms with Gasteiger partial charge in [0.2, 0.25) is 0 Å². The van der Waals surface area contributed by atoms with Gasteiger partial charge in [-0.15, -0.1) is 11.3 Å². The van der Waals surface area contributed by atoms with Crippen molar-refractivity contribution in [1.29, 1.82) is 0 Å². The van der Waals surface area contributed by atoms with Gasteiger partial charge in [-0.3, -0.25) is 0 Å². The summed E-state index contributed by atoms with van der Waals surface area (Å²) >= 11 is 1.88. The van der Waals surface area contributed by atoms with E-state index in [2.05, 4.69) is 50.5 Å². The fraction of sp³-hybridized carbons (Fsp3) is 0.714.